The number of nitro benzene ring substituents is 1. The topological polar surface area (TPSA) is 60.2 Å². The molecular formula is C16H14BrNO3. The molecule has 0 amide bonds. The molecule has 0 aliphatic heterocycles. The van der Waals surface area contributed by atoms with E-state index in [1.165, 1.54) is 12.1 Å². The van der Waals surface area contributed by atoms with Gasteiger partial charge in [-0.15, -0.1) is 0 Å². The second-order valence-electron chi connectivity index (χ2n) is 4.99. The Labute approximate surface area is 131 Å². The van der Waals surface area contributed by atoms with E-state index in [0.29, 0.717) is 10.0 Å². The van der Waals surface area contributed by atoms with E-state index in [0.717, 1.165) is 16.7 Å². The number of benzene rings is 2. The molecule has 0 saturated heterocycles. The summed E-state index contributed by atoms with van der Waals surface area (Å²) in [6, 6.07) is 10.3. The number of nitro groups is 1. The molecule has 0 spiro atoms. The van der Waals surface area contributed by atoms with Crippen molar-refractivity contribution in [3.05, 3.63) is 73.2 Å². The van der Waals surface area contributed by atoms with Crippen LogP contribution in [0.4, 0.5) is 5.69 Å². The molecule has 2 aromatic carbocycles. The predicted molar refractivity (Wildman–Crippen MR) is 84.7 cm³/mol. The number of hydrogen-bond donors (Lipinski definition) is 0. The van der Waals surface area contributed by atoms with Crippen molar-refractivity contribution in [3.8, 4) is 0 Å². The lowest BCUT2D eigenvalue weighted by atomic mass is 9.97. The summed E-state index contributed by atoms with van der Waals surface area (Å²) in [5, 5.41) is 10.9. The van der Waals surface area contributed by atoms with Crippen LogP contribution in [0, 0.1) is 24.0 Å². The molecule has 0 fully saturated rings. The highest BCUT2D eigenvalue weighted by atomic mass is 79.9. The van der Waals surface area contributed by atoms with E-state index in [9.17, 15) is 14.9 Å². The van der Waals surface area contributed by atoms with Crippen molar-refractivity contribution in [3.63, 3.8) is 0 Å². The SMILES string of the molecule is Cc1ccc(C)c(CC(=O)c2cc(Br)cc([N+](=O)[O-])c2)c1. The minimum Gasteiger partial charge on any atom is -0.294 e. The maximum atomic E-state index is 12.4. The number of carbonyl (C=O) groups excluding carboxylic acids is 1. The molecule has 21 heavy (non-hydrogen) atoms. The first kappa shape index (κ1) is 15.4. The molecule has 0 unspecified atom stereocenters. The number of nitrogens with zero attached hydrogens (tertiary/aromatic N) is 1. The molecule has 0 N–H and O–H groups in total. The molecule has 2 rings (SSSR count). The molecule has 0 bridgehead atoms. The van der Waals surface area contributed by atoms with Crippen molar-refractivity contribution in [2.75, 3.05) is 0 Å². The van der Waals surface area contributed by atoms with Crippen molar-refractivity contribution in [2.45, 2.75) is 20.3 Å². The summed E-state index contributed by atoms with van der Waals surface area (Å²) in [6.07, 6.45) is 0.237. The number of Topliss-reactive ketones (excluding diaryl/α,β-unsaturated/α-hetero) is 1. The minimum absolute atomic E-state index is 0.0892. The van der Waals surface area contributed by atoms with Gasteiger partial charge in [-0.2, -0.15) is 0 Å². The molecule has 0 radical (unpaired) electrons. The highest BCUT2D eigenvalue weighted by molar-refractivity contribution is 9.10. The third kappa shape index (κ3) is 3.76. The van der Waals surface area contributed by atoms with Crippen LogP contribution in [0.25, 0.3) is 0 Å². The summed E-state index contributed by atoms with van der Waals surface area (Å²) in [7, 11) is 0. The Morgan fingerprint density at radius 2 is 1.90 bits per heavy atom. The highest BCUT2D eigenvalue weighted by Gasteiger charge is 2.15. The average molecular weight is 348 g/mol. The molecule has 0 aromatic heterocycles. The Hall–Kier alpha value is -2.01. The van der Waals surface area contributed by atoms with Crippen LogP contribution in [0.2, 0.25) is 0 Å². The molecule has 0 aliphatic rings. The average Bonchev–Trinajstić information content (AvgIpc) is 2.42. The standard InChI is InChI=1S/C16H14BrNO3/c1-10-3-4-11(2)12(5-10)8-16(19)13-6-14(17)9-15(7-13)18(20)21/h3-7,9H,8H2,1-2H3. The lowest BCUT2D eigenvalue weighted by Crippen LogP contribution is -2.06. The van der Waals surface area contributed by atoms with Crippen LogP contribution < -0.4 is 0 Å². The fourth-order valence-corrected chi connectivity index (χ4v) is 2.59. The van der Waals surface area contributed by atoms with Crippen molar-refractivity contribution in [1.29, 1.82) is 0 Å². The Balaban J connectivity index is 2.32. The zero-order chi connectivity index (χ0) is 15.6. The van der Waals surface area contributed by atoms with Crippen LogP contribution in [-0.4, -0.2) is 10.7 Å². The maximum Gasteiger partial charge on any atom is 0.271 e. The Bertz CT molecular complexity index is 725. The van der Waals surface area contributed by atoms with Crippen LogP contribution in [0.5, 0.6) is 0 Å². The quantitative estimate of drug-likeness (QED) is 0.467. The zero-order valence-corrected chi connectivity index (χ0v) is 13.3. The van der Waals surface area contributed by atoms with Gasteiger partial charge in [0.15, 0.2) is 5.78 Å². The number of non-ortho nitro benzene ring substituents is 1. The molecule has 0 aliphatic carbocycles. The number of hydrogen-bond acceptors (Lipinski definition) is 3. The van der Waals surface area contributed by atoms with Gasteiger partial charge >= 0.3 is 0 Å². The van der Waals surface area contributed by atoms with Gasteiger partial charge in [-0.1, -0.05) is 39.7 Å². The van der Waals surface area contributed by atoms with E-state index in [4.69, 9.17) is 0 Å². The normalized spacial score (nSPS) is 10.4. The Kier molecular flexibility index (Phi) is 4.53. The summed E-state index contributed by atoms with van der Waals surface area (Å²) in [5.41, 5.74) is 3.33. The third-order valence-corrected chi connectivity index (χ3v) is 3.73. The molecule has 2 aromatic rings. The molecular weight excluding hydrogens is 334 g/mol. The summed E-state index contributed by atoms with van der Waals surface area (Å²) < 4.78 is 0.529. The first-order chi connectivity index (χ1) is 9.86. The molecule has 0 heterocycles. The summed E-state index contributed by atoms with van der Waals surface area (Å²) >= 11 is 3.20. The molecule has 4 nitrogen and oxygen atoms in total. The number of rotatable bonds is 4. The van der Waals surface area contributed by atoms with Gasteiger partial charge in [0.05, 0.1) is 4.92 Å². The highest BCUT2D eigenvalue weighted by Crippen LogP contribution is 2.23. The van der Waals surface area contributed by atoms with Crippen molar-refractivity contribution >= 4 is 27.4 Å². The van der Waals surface area contributed by atoms with Crippen LogP contribution in [0.15, 0.2) is 40.9 Å². The van der Waals surface area contributed by atoms with Gasteiger partial charge in [0.1, 0.15) is 0 Å². The lowest BCUT2D eigenvalue weighted by molar-refractivity contribution is -0.385. The number of aryl methyl sites for hydroxylation is 2. The van der Waals surface area contributed by atoms with Gasteiger partial charge < -0.3 is 0 Å². The van der Waals surface area contributed by atoms with Gasteiger partial charge in [0.25, 0.3) is 5.69 Å². The predicted octanol–water partition coefficient (Wildman–Crippen LogP) is 4.40. The van der Waals surface area contributed by atoms with E-state index >= 15 is 0 Å². The van der Waals surface area contributed by atoms with Crippen molar-refractivity contribution < 1.29 is 9.72 Å². The Morgan fingerprint density at radius 3 is 2.57 bits per heavy atom. The molecule has 0 atom stereocenters. The summed E-state index contributed by atoms with van der Waals surface area (Å²) in [4.78, 5) is 22.7. The summed E-state index contributed by atoms with van der Waals surface area (Å²) in [6.45, 7) is 3.92. The summed E-state index contributed by atoms with van der Waals surface area (Å²) in [5.74, 6) is -0.131. The monoisotopic (exact) mass is 347 g/mol. The van der Waals surface area contributed by atoms with E-state index in [2.05, 4.69) is 15.9 Å². The zero-order valence-electron chi connectivity index (χ0n) is 11.7. The maximum absolute atomic E-state index is 12.4. The third-order valence-electron chi connectivity index (χ3n) is 3.27. The van der Waals surface area contributed by atoms with Crippen LogP contribution in [0.1, 0.15) is 27.0 Å². The molecule has 5 heteroatoms. The van der Waals surface area contributed by atoms with Crippen LogP contribution in [-0.2, 0) is 6.42 Å². The molecule has 0 saturated carbocycles. The van der Waals surface area contributed by atoms with E-state index in [-0.39, 0.29) is 17.9 Å². The second kappa shape index (κ2) is 6.18. The lowest BCUT2D eigenvalue weighted by Gasteiger charge is -2.07. The molecule has 108 valence electrons. The first-order valence-corrected chi connectivity index (χ1v) is 7.20. The van der Waals surface area contributed by atoms with E-state index in [1.807, 2.05) is 32.0 Å². The smallest absolute Gasteiger partial charge is 0.271 e. The Morgan fingerprint density at radius 1 is 1.19 bits per heavy atom. The fraction of sp³-hybridized carbons (Fsp3) is 0.188. The van der Waals surface area contributed by atoms with Crippen LogP contribution >= 0.6 is 15.9 Å². The first-order valence-electron chi connectivity index (χ1n) is 6.41. The largest absolute Gasteiger partial charge is 0.294 e. The van der Waals surface area contributed by atoms with Crippen molar-refractivity contribution in [2.24, 2.45) is 0 Å². The number of carbonyl (C=O) groups is 1. The van der Waals surface area contributed by atoms with Crippen LogP contribution in [0.3, 0.4) is 0 Å². The van der Waals surface area contributed by atoms with Gasteiger partial charge in [-0.3, -0.25) is 14.9 Å². The minimum atomic E-state index is -0.501. The van der Waals surface area contributed by atoms with E-state index < -0.39 is 4.92 Å². The number of halogens is 1. The van der Waals surface area contributed by atoms with Gasteiger partial charge in [0.2, 0.25) is 0 Å². The van der Waals surface area contributed by atoms with Gasteiger partial charge in [-0.05, 0) is 31.0 Å². The van der Waals surface area contributed by atoms with Gasteiger partial charge in [0, 0.05) is 28.6 Å². The van der Waals surface area contributed by atoms with E-state index in [1.54, 1.807) is 6.07 Å². The number of ketones is 1. The fourth-order valence-electron chi connectivity index (χ4n) is 2.11. The van der Waals surface area contributed by atoms with Crippen molar-refractivity contribution in [1.82, 2.24) is 0 Å². The second-order valence-corrected chi connectivity index (χ2v) is 5.90. The van der Waals surface area contributed by atoms with Gasteiger partial charge in [-0.25, -0.2) is 0 Å².